The van der Waals surface area contributed by atoms with Gasteiger partial charge < -0.3 is 21.1 Å². The Hall–Kier alpha value is -0.585. The molecule has 0 fully saturated rings. The summed E-state index contributed by atoms with van der Waals surface area (Å²) in [6.07, 6.45) is 1.29. The third kappa shape index (κ3) is 4.87. The maximum atomic E-state index is 11.1. The molecule has 5 N–H and O–H groups in total. The Morgan fingerprint density at radius 2 is 2.15 bits per heavy atom. The summed E-state index contributed by atoms with van der Waals surface area (Å²) < 4.78 is 0. The largest absolute Gasteiger partial charge is 0.475 e. The molecule has 0 saturated heterocycles. The molecule has 0 spiro atoms. The lowest BCUT2D eigenvalue weighted by atomic mass is 9.77. The predicted molar refractivity (Wildman–Crippen MR) is 50.7 cm³/mol. The summed E-state index contributed by atoms with van der Waals surface area (Å²) in [7, 11) is -1.53. The molecule has 0 aromatic rings. The van der Waals surface area contributed by atoms with E-state index in [1.165, 1.54) is 0 Å². The Morgan fingerprint density at radius 3 is 2.46 bits per heavy atom. The van der Waals surface area contributed by atoms with Crippen molar-refractivity contribution in [1.29, 1.82) is 0 Å². The first-order chi connectivity index (χ1) is 5.99. The van der Waals surface area contributed by atoms with Crippen LogP contribution in [0.4, 0.5) is 0 Å². The maximum absolute atomic E-state index is 11.1. The maximum Gasteiger partial charge on any atom is 0.475 e. The van der Waals surface area contributed by atoms with Crippen molar-refractivity contribution in [1.82, 2.24) is 5.32 Å². The average Bonchev–Trinajstić information content (AvgIpc) is 2.03. The van der Waals surface area contributed by atoms with Crippen molar-refractivity contribution in [2.75, 3.05) is 0 Å². The fraction of sp³-hybridized carbons (Fsp3) is 0.857. The van der Waals surface area contributed by atoms with Crippen LogP contribution in [0.5, 0.6) is 0 Å². The molecule has 0 heterocycles. The van der Waals surface area contributed by atoms with Crippen LogP contribution < -0.4 is 11.1 Å². The number of carbonyl (C=O) groups excluding carboxylic acids is 1. The molecule has 2 atom stereocenters. The SMILES string of the molecule is CCC[C@H](NC(=O)[C@H](C)N)B(O)O. The van der Waals surface area contributed by atoms with Gasteiger partial charge in [-0.15, -0.1) is 0 Å². The second kappa shape index (κ2) is 5.96. The van der Waals surface area contributed by atoms with Gasteiger partial charge in [0.1, 0.15) is 0 Å². The van der Waals surface area contributed by atoms with Gasteiger partial charge in [-0.3, -0.25) is 4.79 Å². The number of hydrogen-bond donors (Lipinski definition) is 4. The van der Waals surface area contributed by atoms with Crippen LogP contribution in [-0.2, 0) is 4.79 Å². The van der Waals surface area contributed by atoms with E-state index in [0.29, 0.717) is 6.42 Å². The molecule has 0 aliphatic heterocycles. The van der Waals surface area contributed by atoms with Crippen molar-refractivity contribution in [3.05, 3.63) is 0 Å². The minimum absolute atomic E-state index is 0.369. The zero-order valence-electron chi connectivity index (χ0n) is 8.03. The highest BCUT2D eigenvalue weighted by Gasteiger charge is 2.24. The zero-order valence-corrected chi connectivity index (χ0v) is 8.03. The lowest BCUT2D eigenvalue weighted by Gasteiger charge is -2.17. The summed E-state index contributed by atoms with van der Waals surface area (Å²) in [6, 6.07) is -0.627. The van der Waals surface area contributed by atoms with E-state index >= 15 is 0 Å². The van der Waals surface area contributed by atoms with Gasteiger partial charge in [0.25, 0.3) is 0 Å². The van der Waals surface area contributed by atoms with Crippen LogP contribution in [-0.4, -0.2) is 35.1 Å². The Bertz CT molecular complexity index is 164. The number of amides is 1. The van der Waals surface area contributed by atoms with E-state index in [1.54, 1.807) is 6.92 Å². The summed E-state index contributed by atoms with van der Waals surface area (Å²) in [6.45, 7) is 3.44. The molecule has 0 rings (SSSR count). The monoisotopic (exact) mass is 188 g/mol. The van der Waals surface area contributed by atoms with Gasteiger partial charge in [-0.25, -0.2) is 0 Å². The number of hydrogen-bond acceptors (Lipinski definition) is 4. The normalized spacial score (nSPS) is 14.8. The van der Waals surface area contributed by atoms with Crippen molar-refractivity contribution >= 4 is 13.0 Å². The van der Waals surface area contributed by atoms with E-state index in [1.807, 2.05) is 6.92 Å². The van der Waals surface area contributed by atoms with Crippen molar-refractivity contribution in [2.45, 2.75) is 38.7 Å². The number of nitrogens with one attached hydrogen (secondary N) is 1. The van der Waals surface area contributed by atoms with E-state index in [9.17, 15) is 4.79 Å². The summed E-state index contributed by atoms with van der Waals surface area (Å²) >= 11 is 0. The number of rotatable bonds is 5. The van der Waals surface area contributed by atoms with Crippen LogP contribution in [0.15, 0.2) is 0 Å². The number of nitrogens with two attached hydrogens (primary N) is 1. The quantitative estimate of drug-likeness (QED) is 0.400. The summed E-state index contributed by atoms with van der Waals surface area (Å²) in [5, 5.41) is 20.2. The number of carbonyl (C=O) groups is 1. The van der Waals surface area contributed by atoms with Gasteiger partial charge in [-0.2, -0.15) is 0 Å². The minimum atomic E-state index is -1.53. The minimum Gasteiger partial charge on any atom is -0.426 e. The van der Waals surface area contributed by atoms with Crippen LogP contribution in [0.3, 0.4) is 0 Å². The average molecular weight is 188 g/mol. The van der Waals surface area contributed by atoms with Gasteiger partial charge in [0.2, 0.25) is 5.91 Å². The highest BCUT2D eigenvalue weighted by atomic mass is 16.4. The third-order valence-electron chi connectivity index (χ3n) is 1.70. The van der Waals surface area contributed by atoms with E-state index in [2.05, 4.69) is 5.32 Å². The van der Waals surface area contributed by atoms with Crippen molar-refractivity contribution in [3.63, 3.8) is 0 Å². The standard InChI is InChI=1S/C7H17BN2O3/c1-3-4-6(8(12)13)10-7(11)5(2)9/h5-6,12-13H,3-4,9H2,1-2H3,(H,10,11)/t5-,6-/m0/s1. The van der Waals surface area contributed by atoms with Crippen LogP contribution in [0.25, 0.3) is 0 Å². The van der Waals surface area contributed by atoms with E-state index in [4.69, 9.17) is 15.8 Å². The second-order valence-corrected chi connectivity index (χ2v) is 3.11. The second-order valence-electron chi connectivity index (χ2n) is 3.11. The molecule has 1 amide bonds. The Kier molecular flexibility index (Phi) is 5.69. The van der Waals surface area contributed by atoms with E-state index < -0.39 is 19.1 Å². The first-order valence-corrected chi connectivity index (χ1v) is 4.41. The van der Waals surface area contributed by atoms with Crippen molar-refractivity contribution < 1.29 is 14.8 Å². The molecular formula is C7H17BN2O3. The molecule has 0 bridgehead atoms. The van der Waals surface area contributed by atoms with Crippen molar-refractivity contribution in [3.8, 4) is 0 Å². The topological polar surface area (TPSA) is 95.6 Å². The molecule has 0 radical (unpaired) electrons. The first kappa shape index (κ1) is 12.4. The van der Waals surface area contributed by atoms with Gasteiger partial charge in [0.15, 0.2) is 0 Å². The molecule has 0 aliphatic rings. The van der Waals surface area contributed by atoms with Gasteiger partial charge >= 0.3 is 7.12 Å². The van der Waals surface area contributed by atoms with Crippen molar-refractivity contribution in [2.24, 2.45) is 5.73 Å². The molecule has 0 aromatic carbocycles. The smallest absolute Gasteiger partial charge is 0.426 e. The Balaban J connectivity index is 4.02. The van der Waals surface area contributed by atoms with Crippen LogP contribution in [0.2, 0.25) is 0 Å². The highest BCUT2D eigenvalue weighted by molar-refractivity contribution is 6.43. The molecule has 0 aliphatic carbocycles. The molecule has 76 valence electrons. The van der Waals surface area contributed by atoms with Gasteiger partial charge in [0.05, 0.1) is 12.0 Å². The molecule has 0 saturated carbocycles. The molecule has 0 unspecified atom stereocenters. The molecule has 13 heavy (non-hydrogen) atoms. The molecule has 5 nitrogen and oxygen atoms in total. The fourth-order valence-electron chi connectivity index (χ4n) is 0.921. The van der Waals surface area contributed by atoms with E-state index in [-0.39, 0.29) is 5.91 Å². The Labute approximate surface area is 78.5 Å². The van der Waals surface area contributed by atoms with Crippen LogP contribution in [0.1, 0.15) is 26.7 Å². The summed E-state index contributed by atoms with van der Waals surface area (Å²) in [5.74, 6) is -0.991. The highest BCUT2D eigenvalue weighted by Crippen LogP contribution is 1.98. The lowest BCUT2D eigenvalue weighted by molar-refractivity contribution is -0.122. The fourth-order valence-corrected chi connectivity index (χ4v) is 0.921. The Morgan fingerprint density at radius 1 is 1.62 bits per heavy atom. The summed E-state index contributed by atoms with van der Waals surface area (Å²) in [4.78, 5) is 11.1. The van der Waals surface area contributed by atoms with Gasteiger partial charge in [-0.1, -0.05) is 13.3 Å². The van der Waals surface area contributed by atoms with Gasteiger partial charge in [0, 0.05) is 0 Å². The summed E-state index contributed by atoms with van der Waals surface area (Å²) in [5.41, 5.74) is 5.31. The first-order valence-electron chi connectivity index (χ1n) is 4.41. The molecule has 6 heteroatoms. The predicted octanol–water partition coefficient (Wildman–Crippen LogP) is -1.37. The lowest BCUT2D eigenvalue weighted by Crippen LogP contribution is -2.50. The zero-order chi connectivity index (χ0) is 10.4. The van der Waals surface area contributed by atoms with Crippen LogP contribution >= 0.6 is 0 Å². The molecule has 0 aromatic heterocycles. The van der Waals surface area contributed by atoms with Crippen LogP contribution in [0, 0.1) is 0 Å². The van der Waals surface area contributed by atoms with E-state index in [0.717, 1.165) is 6.42 Å². The van der Waals surface area contributed by atoms with Gasteiger partial charge in [-0.05, 0) is 13.3 Å². The molecular weight excluding hydrogens is 171 g/mol. The third-order valence-corrected chi connectivity index (χ3v) is 1.70.